The van der Waals surface area contributed by atoms with Crippen LogP contribution in [-0.4, -0.2) is 19.0 Å². The van der Waals surface area contributed by atoms with E-state index < -0.39 is 0 Å². The number of carbonyl (C=O) groups excluding carboxylic acids is 1. The smallest absolute Gasteiger partial charge is 0.222 e. The van der Waals surface area contributed by atoms with Gasteiger partial charge in [0.05, 0.1) is 10.6 Å². The van der Waals surface area contributed by atoms with Crippen molar-refractivity contribution < 1.29 is 9.21 Å². The zero-order valence-corrected chi connectivity index (χ0v) is 13.6. The molecule has 2 aromatic heterocycles. The highest BCUT2D eigenvalue weighted by atomic mass is 35.5. The van der Waals surface area contributed by atoms with Crippen molar-refractivity contribution in [2.45, 2.75) is 19.9 Å². The normalized spacial score (nSPS) is 12.6. The molecule has 0 fully saturated rings. The Kier molecular flexibility index (Phi) is 5.85. The van der Waals surface area contributed by atoms with Gasteiger partial charge in [-0.15, -0.1) is 11.3 Å². The Balaban J connectivity index is 1.93. The molecule has 1 amide bonds. The standard InChI is InChI=1S/C15H19ClN2O2S/c1-10(2)15(19)18-8-7-17-14(11-4-3-9-20-11)12-5-6-13(16)21-12/h3-6,9-10,14,17H,7-8H2,1-2H3,(H,18,19). The zero-order chi connectivity index (χ0) is 15.2. The van der Waals surface area contributed by atoms with Crippen molar-refractivity contribution in [1.82, 2.24) is 10.6 Å². The Morgan fingerprint density at radius 3 is 2.71 bits per heavy atom. The van der Waals surface area contributed by atoms with Gasteiger partial charge in [-0.1, -0.05) is 25.4 Å². The quantitative estimate of drug-likeness (QED) is 0.766. The SMILES string of the molecule is CC(C)C(=O)NCCNC(c1ccco1)c1ccc(Cl)s1. The summed E-state index contributed by atoms with van der Waals surface area (Å²) >= 11 is 7.53. The molecule has 0 spiro atoms. The van der Waals surface area contributed by atoms with Crippen molar-refractivity contribution in [1.29, 1.82) is 0 Å². The molecule has 6 heteroatoms. The third-order valence-corrected chi connectivity index (χ3v) is 4.30. The molecule has 0 aliphatic carbocycles. The fourth-order valence-electron chi connectivity index (χ4n) is 1.89. The van der Waals surface area contributed by atoms with E-state index in [0.29, 0.717) is 13.1 Å². The second-order valence-electron chi connectivity index (χ2n) is 4.99. The maximum atomic E-state index is 11.5. The molecule has 0 bridgehead atoms. The van der Waals surface area contributed by atoms with E-state index in [9.17, 15) is 4.79 Å². The van der Waals surface area contributed by atoms with Crippen molar-refractivity contribution >= 4 is 28.8 Å². The van der Waals surface area contributed by atoms with Crippen molar-refractivity contribution in [3.63, 3.8) is 0 Å². The van der Waals surface area contributed by atoms with Crippen LogP contribution < -0.4 is 10.6 Å². The van der Waals surface area contributed by atoms with Gasteiger partial charge in [-0.3, -0.25) is 4.79 Å². The highest BCUT2D eigenvalue weighted by Crippen LogP contribution is 2.31. The van der Waals surface area contributed by atoms with Crippen LogP contribution in [0.5, 0.6) is 0 Å². The third-order valence-electron chi connectivity index (χ3n) is 3.00. The molecule has 0 saturated heterocycles. The topological polar surface area (TPSA) is 54.3 Å². The monoisotopic (exact) mass is 326 g/mol. The molecular weight excluding hydrogens is 308 g/mol. The first-order valence-corrected chi connectivity index (χ1v) is 8.07. The number of halogens is 1. The number of hydrogen-bond acceptors (Lipinski definition) is 4. The minimum Gasteiger partial charge on any atom is -0.467 e. The van der Waals surface area contributed by atoms with Crippen molar-refractivity contribution in [2.24, 2.45) is 5.92 Å². The molecule has 0 aromatic carbocycles. The molecule has 4 nitrogen and oxygen atoms in total. The third kappa shape index (κ3) is 4.59. The summed E-state index contributed by atoms with van der Waals surface area (Å²) in [6.07, 6.45) is 1.65. The summed E-state index contributed by atoms with van der Waals surface area (Å²) in [6.45, 7) is 4.98. The number of nitrogens with one attached hydrogen (secondary N) is 2. The van der Waals surface area contributed by atoms with Crippen molar-refractivity contribution in [3.05, 3.63) is 45.5 Å². The molecule has 114 valence electrons. The number of hydrogen-bond donors (Lipinski definition) is 2. The molecule has 2 heterocycles. The Bertz CT molecular complexity index is 566. The lowest BCUT2D eigenvalue weighted by molar-refractivity contribution is -0.123. The summed E-state index contributed by atoms with van der Waals surface area (Å²) in [7, 11) is 0. The van der Waals surface area contributed by atoms with Gasteiger partial charge in [-0.2, -0.15) is 0 Å². The van der Waals surface area contributed by atoms with Crippen LogP contribution in [0.4, 0.5) is 0 Å². The van der Waals surface area contributed by atoms with E-state index >= 15 is 0 Å². The molecule has 2 N–H and O–H groups in total. The van der Waals surface area contributed by atoms with E-state index in [4.69, 9.17) is 16.0 Å². The Labute approximate surface area is 133 Å². The Morgan fingerprint density at radius 1 is 1.33 bits per heavy atom. The van der Waals surface area contributed by atoms with Gasteiger partial charge in [0, 0.05) is 23.9 Å². The highest BCUT2D eigenvalue weighted by Gasteiger charge is 2.18. The van der Waals surface area contributed by atoms with Crippen LogP contribution in [0.1, 0.15) is 30.5 Å². The van der Waals surface area contributed by atoms with E-state index in [0.717, 1.165) is 15.0 Å². The second-order valence-corrected chi connectivity index (χ2v) is 6.74. The highest BCUT2D eigenvalue weighted by molar-refractivity contribution is 7.16. The number of rotatable bonds is 7. The number of thiophene rings is 1. The first kappa shape index (κ1) is 16.1. The van der Waals surface area contributed by atoms with Crippen LogP contribution >= 0.6 is 22.9 Å². The molecule has 0 aliphatic heterocycles. The molecule has 0 saturated carbocycles. The molecule has 21 heavy (non-hydrogen) atoms. The predicted octanol–water partition coefficient (Wildman–Crippen LogP) is 3.45. The van der Waals surface area contributed by atoms with Gasteiger partial charge in [-0.05, 0) is 24.3 Å². The summed E-state index contributed by atoms with van der Waals surface area (Å²) in [5, 5.41) is 6.27. The average molecular weight is 327 g/mol. The van der Waals surface area contributed by atoms with Crippen molar-refractivity contribution in [2.75, 3.05) is 13.1 Å². The van der Waals surface area contributed by atoms with Crippen LogP contribution in [0.25, 0.3) is 0 Å². The van der Waals surface area contributed by atoms with Gasteiger partial charge in [0.15, 0.2) is 0 Å². The molecular formula is C15H19ClN2O2S. The first-order valence-electron chi connectivity index (χ1n) is 6.87. The van der Waals surface area contributed by atoms with E-state index in [1.165, 1.54) is 11.3 Å². The predicted molar refractivity (Wildman–Crippen MR) is 85.7 cm³/mol. The van der Waals surface area contributed by atoms with Gasteiger partial charge in [0.2, 0.25) is 5.91 Å². The summed E-state index contributed by atoms with van der Waals surface area (Å²) in [6, 6.07) is 7.60. The molecule has 2 rings (SSSR count). The number of amides is 1. The van der Waals surface area contributed by atoms with E-state index in [2.05, 4.69) is 10.6 Å². The number of carbonyl (C=O) groups is 1. The van der Waals surface area contributed by atoms with E-state index in [1.54, 1.807) is 6.26 Å². The first-order chi connectivity index (χ1) is 10.1. The van der Waals surface area contributed by atoms with Gasteiger partial charge in [0.25, 0.3) is 0 Å². The largest absolute Gasteiger partial charge is 0.467 e. The minimum absolute atomic E-state index is 0.00183. The Hall–Kier alpha value is -1.30. The lowest BCUT2D eigenvalue weighted by Gasteiger charge is -2.16. The fraction of sp³-hybridized carbons (Fsp3) is 0.400. The molecule has 2 aromatic rings. The van der Waals surface area contributed by atoms with E-state index in [-0.39, 0.29) is 17.9 Å². The van der Waals surface area contributed by atoms with Crippen molar-refractivity contribution in [3.8, 4) is 0 Å². The maximum absolute atomic E-state index is 11.5. The van der Waals surface area contributed by atoms with Gasteiger partial charge in [-0.25, -0.2) is 0 Å². The minimum atomic E-state index is -0.0477. The van der Waals surface area contributed by atoms with E-state index in [1.807, 2.05) is 38.1 Å². The average Bonchev–Trinajstić information content (AvgIpc) is 3.10. The van der Waals surface area contributed by atoms with Gasteiger partial charge < -0.3 is 15.1 Å². The van der Waals surface area contributed by atoms with Crippen LogP contribution in [-0.2, 0) is 4.79 Å². The molecule has 1 atom stereocenters. The van der Waals surface area contributed by atoms with Crippen LogP contribution in [0.3, 0.4) is 0 Å². The lowest BCUT2D eigenvalue weighted by Crippen LogP contribution is -2.35. The summed E-state index contributed by atoms with van der Waals surface area (Å²) in [5.74, 6) is 0.899. The van der Waals surface area contributed by atoms with Crippen LogP contribution in [0.2, 0.25) is 4.34 Å². The summed E-state index contributed by atoms with van der Waals surface area (Å²) < 4.78 is 6.24. The molecule has 0 aliphatic rings. The van der Waals surface area contributed by atoms with Gasteiger partial charge in [0.1, 0.15) is 11.8 Å². The lowest BCUT2D eigenvalue weighted by atomic mass is 10.2. The maximum Gasteiger partial charge on any atom is 0.222 e. The Morgan fingerprint density at radius 2 is 2.14 bits per heavy atom. The molecule has 0 radical (unpaired) electrons. The zero-order valence-electron chi connectivity index (χ0n) is 12.1. The van der Waals surface area contributed by atoms with Crippen LogP contribution in [0.15, 0.2) is 34.9 Å². The summed E-state index contributed by atoms with van der Waals surface area (Å²) in [4.78, 5) is 12.6. The van der Waals surface area contributed by atoms with Crippen LogP contribution in [0, 0.1) is 5.92 Å². The summed E-state index contributed by atoms with van der Waals surface area (Å²) in [5.41, 5.74) is 0. The molecule has 1 unspecified atom stereocenters. The fourth-order valence-corrected chi connectivity index (χ4v) is 3.03. The van der Waals surface area contributed by atoms with Gasteiger partial charge >= 0.3 is 0 Å². The number of furan rings is 1. The second kappa shape index (κ2) is 7.64.